The average molecular weight is 358 g/mol. The van der Waals surface area contributed by atoms with E-state index in [1.54, 1.807) is 18.2 Å². The molecule has 0 bridgehead atoms. The van der Waals surface area contributed by atoms with Crippen LogP contribution in [-0.4, -0.2) is 24.1 Å². The SMILES string of the molecule is CC(=O)c1cc(F)ccc1OCC(=O)Nc1ccccc1SCC#N. The molecule has 2 aromatic carbocycles. The number of carbonyl (C=O) groups excluding carboxylic acids is 2. The van der Waals surface area contributed by atoms with Crippen LogP contribution < -0.4 is 10.1 Å². The predicted octanol–water partition coefficient (Wildman–Crippen LogP) is 3.66. The highest BCUT2D eigenvalue weighted by Gasteiger charge is 2.13. The lowest BCUT2D eigenvalue weighted by atomic mass is 10.1. The molecule has 5 nitrogen and oxygen atoms in total. The predicted molar refractivity (Wildman–Crippen MR) is 93.3 cm³/mol. The molecule has 0 fully saturated rings. The van der Waals surface area contributed by atoms with Crippen molar-refractivity contribution in [2.45, 2.75) is 11.8 Å². The number of hydrogen-bond acceptors (Lipinski definition) is 5. The van der Waals surface area contributed by atoms with E-state index in [-0.39, 0.29) is 29.5 Å². The first kappa shape index (κ1) is 18.5. The van der Waals surface area contributed by atoms with E-state index < -0.39 is 11.7 Å². The highest BCUT2D eigenvalue weighted by molar-refractivity contribution is 7.99. The van der Waals surface area contributed by atoms with Gasteiger partial charge in [-0.2, -0.15) is 5.26 Å². The number of ketones is 1. The lowest BCUT2D eigenvalue weighted by Gasteiger charge is -2.12. The van der Waals surface area contributed by atoms with Gasteiger partial charge in [0, 0.05) is 4.90 Å². The summed E-state index contributed by atoms with van der Waals surface area (Å²) < 4.78 is 18.6. The molecule has 0 saturated heterocycles. The van der Waals surface area contributed by atoms with Gasteiger partial charge in [-0.3, -0.25) is 9.59 Å². The van der Waals surface area contributed by atoms with Crippen molar-refractivity contribution in [1.29, 1.82) is 5.26 Å². The van der Waals surface area contributed by atoms with Crippen LogP contribution in [0.2, 0.25) is 0 Å². The Morgan fingerprint density at radius 1 is 1.28 bits per heavy atom. The van der Waals surface area contributed by atoms with E-state index in [0.29, 0.717) is 5.69 Å². The number of nitrogens with zero attached hydrogens (tertiary/aromatic N) is 1. The number of anilines is 1. The monoisotopic (exact) mass is 358 g/mol. The number of amides is 1. The van der Waals surface area contributed by atoms with Crippen molar-refractivity contribution >= 4 is 29.1 Å². The minimum atomic E-state index is -0.551. The number of ether oxygens (including phenoxy) is 1. The van der Waals surface area contributed by atoms with E-state index in [2.05, 4.69) is 5.32 Å². The first-order chi connectivity index (χ1) is 12.0. The number of carbonyl (C=O) groups is 2. The first-order valence-electron chi connectivity index (χ1n) is 7.33. The number of rotatable bonds is 7. The van der Waals surface area contributed by atoms with Gasteiger partial charge in [0.2, 0.25) is 0 Å². The molecule has 128 valence electrons. The Morgan fingerprint density at radius 2 is 2.04 bits per heavy atom. The molecular weight excluding hydrogens is 343 g/mol. The molecule has 25 heavy (non-hydrogen) atoms. The standard InChI is InChI=1S/C18H15FN2O3S/c1-12(22)14-10-13(19)6-7-16(14)24-11-18(23)21-15-4-2-3-5-17(15)25-9-8-20/h2-7,10H,9,11H2,1H3,(H,21,23). The smallest absolute Gasteiger partial charge is 0.262 e. The van der Waals surface area contributed by atoms with Crippen molar-refractivity contribution in [3.05, 3.63) is 53.8 Å². The molecule has 0 spiro atoms. The van der Waals surface area contributed by atoms with Gasteiger partial charge in [-0.1, -0.05) is 12.1 Å². The van der Waals surface area contributed by atoms with Crippen LogP contribution in [0.3, 0.4) is 0 Å². The second kappa shape index (κ2) is 8.85. The number of nitriles is 1. The van der Waals surface area contributed by atoms with Gasteiger partial charge in [0.05, 0.1) is 23.1 Å². The third-order valence-corrected chi connectivity index (χ3v) is 4.07. The molecule has 0 radical (unpaired) electrons. The number of Topliss-reactive ketones (excluding diaryl/α,β-unsaturated/α-hetero) is 1. The van der Waals surface area contributed by atoms with Crippen LogP contribution in [-0.2, 0) is 4.79 Å². The number of thioether (sulfide) groups is 1. The molecule has 0 aliphatic heterocycles. The van der Waals surface area contributed by atoms with Crippen LogP contribution in [0, 0.1) is 17.1 Å². The minimum Gasteiger partial charge on any atom is -0.483 e. The molecule has 0 atom stereocenters. The summed E-state index contributed by atoms with van der Waals surface area (Å²) in [4.78, 5) is 24.4. The van der Waals surface area contributed by atoms with Gasteiger partial charge in [0.25, 0.3) is 5.91 Å². The normalized spacial score (nSPS) is 9.96. The van der Waals surface area contributed by atoms with E-state index in [1.807, 2.05) is 12.1 Å². The summed E-state index contributed by atoms with van der Waals surface area (Å²) >= 11 is 1.31. The lowest BCUT2D eigenvalue weighted by Crippen LogP contribution is -2.21. The van der Waals surface area contributed by atoms with Gasteiger partial charge in [0.1, 0.15) is 11.6 Å². The maximum Gasteiger partial charge on any atom is 0.262 e. The highest BCUT2D eigenvalue weighted by atomic mass is 32.2. The summed E-state index contributed by atoms with van der Waals surface area (Å²) in [6.45, 7) is 0.966. The van der Waals surface area contributed by atoms with Crippen molar-refractivity contribution in [3.63, 3.8) is 0 Å². The zero-order valence-corrected chi connectivity index (χ0v) is 14.2. The van der Waals surface area contributed by atoms with Crippen molar-refractivity contribution in [3.8, 4) is 11.8 Å². The van der Waals surface area contributed by atoms with Crippen molar-refractivity contribution in [1.82, 2.24) is 0 Å². The number of hydrogen-bond donors (Lipinski definition) is 1. The molecule has 1 amide bonds. The van der Waals surface area contributed by atoms with Crippen LogP contribution in [0.25, 0.3) is 0 Å². The quantitative estimate of drug-likeness (QED) is 0.603. The fourth-order valence-corrected chi connectivity index (χ4v) is 2.71. The third-order valence-electron chi connectivity index (χ3n) is 3.13. The Bertz CT molecular complexity index is 833. The Kier molecular flexibility index (Phi) is 6.54. The molecule has 0 aliphatic carbocycles. The molecule has 0 aromatic heterocycles. The van der Waals surface area contributed by atoms with Gasteiger partial charge < -0.3 is 10.1 Å². The fraction of sp³-hybridized carbons (Fsp3) is 0.167. The molecule has 2 aromatic rings. The zero-order chi connectivity index (χ0) is 18.2. The molecule has 1 N–H and O–H groups in total. The van der Waals surface area contributed by atoms with Gasteiger partial charge in [-0.05, 0) is 37.3 Å². The molecule has 7 heteroatoms. The average Bonchev–Trinajstić information content (AvgIpc) is 2.59. The van der Waals surface area contributed by atoms with Crippen molar-refractivity contribution < 1.29 is 18.7 Å². The van der Waals surface area contributed by atoms with E-state index in [1.165, 1.54) is 24.8 Å². The number of benzene rings is 2. The maximum atomic E-state index is 13.2. The molecule has 0 unspecified atom stereocenters. The number of halogens is 1. The molecule has 0 saturated carbocycles. The van der Waals surface area contributed by atoms with Crippen LogP contribution in [0.5, 0.6) is 5.75 Å². The molecular formula is C18H15FN2O3S. The summed E-state index contributed by atoms with van der Waals surface area (Å²) in [7, 11) is 0. The topological polar surface area (TPSA) is 79.2 Å². The first-order valence-corrected chi connectivity index (χ1v) is 8.31. The van der Waals surface area contributed by atoms with Crippen molar-refractivity contribution in [2.75, 3.05) is 17.7 Å². The maximum absolute atomic E-state index is 13.2. The van der Waals surface area contributed by atoms with Gasteiger partial charge in [-0.15, -0.1) is 11.8 Å². The molecule has 2 rings (SSSR count). The van der Waals surface area contributed by atoms with Gasteiger partial charge in [0.15, 0.2) is 12.4 Å². The lowest BCUT2D eigenvalue weighted by molar-refractivity contribution is -0.118. The van der Waals surface area contributed by atoms with E-state index >= 15 is 0 Å². The minimum absolute atomic E-state index is 0.0813. The van der Waals surface area contributed by atoms with Crippen LogP contribution in [0.1, 0.15) is 17.3 Å². The Morgan fingerprint density at radius 3 is 2.76 bits per heavy atom. The summed E-state index contributed by atoms with van der Waals surface area (Å²) in [5, 5.41) is 11.4. The molecule has 0 aliphatic rings. The van der Waals surface area contributed by atoms with Crippen LogP contribution >= 0.6 is 11.8 Å². The van der Waals surface area contributed by atoms with Crippen molar-refractivity contribution in [2.24, 2.45) is 0 Å². The number of nitrogens with one attached hydrogen (secondary N) is 1. The second-order valence-electron chi connectivity index (χ2n) is 4.98. The third kappa shape index (κ3) is 5.33. The molecule has 0 heterocycles. The highest BCUT2D eigenvalue weighted by Crippen LogP contribution is 2.26. The Hall–Kier alpha value is -2.85. The zero-order valence-electron chi connectivity index (χ0n) is 13.4. The number of para-hydroxylation sites is 1. The van der Waals surface area contributed by atoms with Gasteiger partial charge in [-0.25, -0.2) is 4.39 Å². The largest absolute Gasteiger partial charge is 0.483 e. The second-order valence-corrected chi connectivity index (χ2v) is 5.99. The Labute approximate surface area is 148 Å². The van der Waals surface area contributed by atoms with E-state index in [9.17, 15) is 14.0 Å². The van der Waals surface area contributed by atoms with Crippen LogP contribution in [0.15, 0.2) is 47.4 Å². The summed E-state index contributed by atoms with van der Waals surface area (Å²) in [5.41, 5.74) is 0.653. The Balaban J connectivity index is 2.03. The van der Waals surface area contributed by atoms with Crippen LogP contribution in [0.4, 0.5) is 10.1 Å². The van der Waals surface area contributed by atoms with E-state index in [0.717, 1.165) is 17.0 Å². The fourth-order valence-electron chi connectivity index (χ4n) is 2.04. The van der Waals surface area contributed by atoms with E-state index in [4.69, 9.17) is 10.00 Å². The summed E-state index contributed by atoms with van der Waals surface area (Å²) in [6.07, 6.45) is 0. The van der Waals surface area contributed by atoms with Gasteiger partial charge >= 0.3 is 0 Å². The summed E-state index contributed by atoms with van der Waals surface area (Å²) in [5.74, 6) is -0.917. The summed E-state index contributed by atoms with van der Waals surface area (Å²) in [6, 6.07) is 12.7.